The van der Waals surface area contributed by atoms with Crippen molar-refractivity contribution in [3.63, 3.8) is 0 Å². The summed E-state index contributed by atoms with van der Waals surface area (Å²) in [5.74, 6) is 3.56. The van der Waals surface area contributed by atoms with Gasteiger partial charge in [0.25, 0.3) is 0 Å². The van der Waals surface area contributed by atoms with E-state index in [1.807, 2.05) is 6.07 Å². The van der Waals surface area contributed by atoms with Gasteiger partial charge in [-0.25, -0.2) is 0 Å². The maximum atomic E-state index is 13.8. The quantitative estimate of drug-likeness (QED) is 0.336. The number of hydrogen-bond acceptors (Lipinski definition) is 9. The fourth-order valence-corrected chi connectivity index (χ4v) is 11.3. The zero-order valence-corrected chi connectivity index (χ0v) is 23.2. The van der Waals surface area contributed by atoms with Crippen LogP contribution in [-0.2, 0) is 4.79 Å². The van der Waals surface area contributed by atoms with E-state index in [2.05, 4.69) is 4.90 Å². The Morgan fingerprint density at radius 2 is 1.71 bits per heavy atom. The minimum Gasteiger partial charge on any atom is -0.493 e. The summed E-state index contributed by atoms with van der Waals surface area (Å²) >= 11 is 4.47. The molecule has 2 bridgehead atoms. The van der Waals surface area contributed by atoms with Gasteiger partial charge in [0.2, 0.25) is 9.16 Å². The van der Waals surface area contributed by atoms with E-state index < -0.39 is 9.59 Å². The van der Waals surface area contributed by atoms with Crippen LogP contribution < -0.4 is 14.2 Å². The van der Waals surface area contributed by atoms with Crippen molar-refractivity contribution in [1.29, 1.82) is 0 Å². The molecule has 1 aromatic carbocycles. The molecule has 12 heteroatoms. The van der Waals surface area contributed by atoms with Gasteiger partial charge in [-0.3, -0.25) is 9.69 Å². The summed E-state index contributed by atoms with van der Waals surface area (Å²) < 4.78 is 56.3. The van der Waals surface area contributed by atoms with Crippen LogP contribution in [0.3, 0.4) is 0 Å². The summed E-state index contributed by atoms with van der Waals surface area (Å²) in [5.41, 5.74) is 0.807. The van der Waals surface area contributed by atoms with Gasteiger partial charge in [0.05, 0.1) is 32.6 Å². The molecule has 4 saturated heterocycles. The van der Waals surface area contributed by atoms with E-state index in [4.69, 9.17) is 14.2 Å². The van der Waals surface area contributed by atoms with E-state index in [0.29, 0.717) is 40.3 Å². The lowest BCUT2D eigenvalue weighted by atomic mass is 9.79. The number of thioether (sulfide) groups is 4. The minimum absolute atomic E-state index is 0.0494. The van der Waals surface area contributed by atoms with Crippen LogP contribution in [0.1, 0.15) is 23.7 Å². The van der Waals surface area contributed by atoms with Crippen LogP contribution in [0, 0.1) is 5.92 Å². The summed E-state index contributed by atoms with van der Waals surface area (Å²) in [7, 11) is 4.63. The summed E-state index contributed by atoms with van der Waals surface area (Å²) in [5, 5.41) is -0.285. The first kappa shape index (κ1) is 27.5. The number of hydrogen-bond donors (Lipinski definition) is 0. The van der Waals surface area contributed by atoms with E-state index >= 15 is 0 Å². The molecule has 0 saturated carbocycles. The second kappa shape index (κ2) is 11.4. The number of alkyl halides is 3. The lowest BCUT2D eigenvalue weighted by Crippen LogP contribution is -2.57. The Morgan fingerprint density at radius 1 is 1.06 bits per heavy atom. The number of rotatable bonds is 10. The molecule has 0 radical (unpaired) electrons. The number of fused-ring (bicyclic) bond motifs is 3. The Kier molecular flexibility index (Phi) is 8.99. The number of Topliss-reactive ketones (excluding diaryl/α,β-unsaturated/α-hetero) is 1. The highest BCUT2D eigenvalue weighted by molar-refractivity contribution is 8.35. The fourth-order valence-electron chi connectivity index (χ4n) is 5.00. The molecule has 196 valence electrons. The fraction of sp³-hybridized carbons (Fsp3) is 0.696. The van der Waals surface area contributed by atoms with Crippen molar-refractivity contribution in [2.45, 2.75) is 33.7 Å². The summed E-state index contributed by atoms with van der Waals surface area (Å²) in [6, 6.07) is 3.35. The predicted molar refractivity (Wildman–Crippen MR) is 141 cm³/mol. The number of ketones is 1. The molecule has 2 atom stereocenters. The highest BCUT2D eigenvalue weighted by Gasteiger charge is 2.58. The lowest BCUT2D eigenvalue weighted by molar-refractivity contribution is -0.137. The van der Waals surface area contributed by atoms with Crippen LogP contribution in [0.5, 0.6) is 17.2 Å². The normalized spacial score (nSPS) is 26.6. The third-order valence-electron chi connectivity index (χ3n) is 6.63. The van der Waals surface area contributed by atoms with Gasteiger partial charge in [-0.05, 0) is 32.0 Å². The van der Waals surface area contributed by atoms with Crippen LogP contribution in [0.15, 0.2) is 12.1 Å². The van der Waals surface area contributed by atoms with E-state index in [9.17, 15) is 18.0 Å². The third kappa shape index (κ3) is 5.37. The average Bonchev–Trinajstić information content (AvgIpc) is 3.35. The maximum Gasteiger partial charge on any atom is 0.421 e. The molecular weight excluding hydrogens is 540 g/mol. The molecule has 35 heavy (non-hydrogen) atoms. The van der Waals surface area contributed by atoms with E-state index in [1.54, 1.807) is 20.3 Å². The molecular formula is C23H30F3NO4S4. The Hall–Kier alpha value is -0.560. The Balaban J connectivity index is 1.60. The van der Waals surface area contributed by atoms with Gasteiger partial charge in [-0.1, -0.05) is 6.07 Å². The Bertz CT molecular complexity index is 905. The van der Waals surface area contributed by atoms with Gasteiger partial charge in [0.1, 0.15) is 0 Å². The van der Waals surface area contributed by atoms with Crippen molar-refractivity contribution < 1.29 is 32.2 Å². The molecule has 4 heterocycles. The zero-order chi connectivity index (χ0) is 25.2. The number of benzene rings is 1. The second-order valence-corrected chi connectivity index (χ2v) is 14.4. The van der Waals surface area contributed by atoms with Gasteiger partial charge in [0.15, 0.2) is 17.3 Å². The number of carbonyl (C=O) groups excluding carboxylic acids is 1. The van der Waals surface area contributed by atoms with Gasteiger partial charge in [0, 0.05) is 34.5 Å². The van der Waals surface area contributed by atoms with Crippen molar-refractivity contribution in [2.24, 2.45) is 5.92 Å². The van der Waals surface area contributed by atoms with Gasteiger partial charge >= 0.3 is 6.18 Å². The van der Waals surface area contributed by atoms with E-state index in [-0.39, 0.29) is 23.0 Å². The monoisotopic (exact) mass is 569 g/mol. The van der Waals surface area contributed by atoms with Crippen molar-refractivity contribution in [3.8, 4) is 17.2 Å². The number of ether oxygens (including phenoxy) is 3. The van der Waals surface area contributed by atoms with Gasteiger partial charge < -0.3 is 14.2 Å². The molecule has 4 aliphatic rings. The first-order valence-electron chi connectivity index (χ1n) is 11.4. The number of methoxy groups -OCH3 is 3. The van der Waals surface area contributed by atoms with Crippen molar-refractivity contribution >= 4 is 52.8 Å². The highest BCUT2D eigenvalue weighted by atomic mass is 32.3. The molecule has 1 aromatic rings. The topological polar surface area (TPSA) is 48.0 Å². The first-order chi connectivity index (χ1) is 16.8. The lowest BCUT2D eigenvalue weighted by Gasteiger charge is -2.47. The first-order valence-corrected chi connectivity index (χ1v) is 15.4. The summed E-state index contributed by atoms with van der Waals surface area (Å²) in [4.78, 5) is 15.6. The van der Waals surface area contributed by atoms with Crippen LogP contribution >= 0.6 is 47.0 Å². The largest absolute Gasteiger partial charge is 0.493 e. The average molecular weight is 570 g/mol. The Morgan fingerprint density at radius 3 is 2.26 bits per heavy atom. The molecule has 0 N–H and O–H groups in total. The molecule has 0 aliphatic carbocycles. The van der Waals surface area contributed by atoms with Crippen molar-refractivity contribution in [1.82, 2.24) is 4.90 Å². The zero-order valence-electron chi connectivity index (χ0n) is 19.9. The Labute approximate surface area is 221 Å². The molecule has 5 rings (SSSR count). The molecule has 0 amide bonds. The number of halogens is 3. The highest BCUT2D eigenvalue weighted by Crippen LogP contribution is 2.61. The minimum atomic E-state index is -4.27. The summed E-state index contributed by atoms with van der Waals surface area (Å²) in [6.45, 7) is 1.71. The molecule has 0 aromatic heterocycles. The van der Waals surface area contributed by atoms with Crippen LogP contribution in [-0.4, -0.2) is 83.7 Å². The molecule has 2 unspecified atom stereocenters. The number of carbonyl (C=O) groups is 1. The smallest absolute Gasteiger partial charge is 0.421 e. The van der Waals surface area contributed by atoms with Crippen molar-refractivity contribution in [2.75, 3.05) is 57.4 Å². The van der Waals surface area contributed by atoms with E-state index in [0.717, 1.165) is 66.8 Å². The van der Waals surface area contributed by atoms with Crippen LogP contribution in [0.4, 0.5) is 13.2 Å². The molecule has 0 spiro atoms. The number of nitrogens with zero attached hydrogens (tertiary/aromatic N) is 1. The standard InChI is InChI=1S/C23H30F3NO4S4/c1-29-16-5-4-15(19(30-2)20(16)31-3)21(17-18(28)14-6-8-27(17)9-7-14)32-10-11-33-23(22(24,25)26)34-12-13-35-23/h4-5,14,17,21H,6-13H2,1-3H3. The molecule has 5 nitrogen and oxygen atoms in total. The molecule has 4 aliphatic heterocycles. The van der Waals surface area contributed by atoms with Crippen LogP contribution in [0.25, 0.3) is 0 Å². The third-order valence-corrected chi connectivity index (χ3v) is 13.6. The SMILES string of the molecule is COc1ccc(C(SCCSC2(C(F)(F)F)SCCS2)C2C(=O)C3CCN2CC3)c(OC)c1OC. The predicted octanol–water partition coefficient (Wildman–Crippen LogP) is 5.58. The van der Waals surface area contributed by atoms with Gasteiger partial charge in [-0.15, -0.1) is 35.3 Å². The van der Waals surface area contributed by atoms with Crippen molar-refractivity contribution in [3.05, 3.63) is 17.7 Å². The van der Waals surface area contributed by atoms with Crippen LogP contribution in [0.2, 0.25) is 0 Å². The molecule has 4 fully saturated rings. The summed E-state index contributed by atoms with van der Waals surface area (Å²) in [6.07, 6.45) is -2.54. The number of piperidine rings is 3. The van der Waals surface area contributed by atoms with E-state index in [1.165, 1.54) is 18.9 Å². The second-order valence-electron chi connectivity index (χ2n) is 8.47. The van der Waals surface area contributed by atoms with Gasteiger partial charge in [-0.2, -0.15) is 24.9 Å². The maximum absolute atomic E-state index is 13.8.